The van der Waals surface area contributed by atoms with Crippen LogP contribution in [0.5, 0.6) is 11.5 Å². The molecule has 6 nitrogen and oxygen atoms in total. The predicted molar refractivity (Wildman–Crippen MR) is 68.8 cm³/mol. The molecule has 1 fully saturated rings. The van der Waals surface area contributed by atoms with Gasteiger partial charge in [0.2, 0.25) is 0 Å². The number of nitrogen functional groups attached to an aromatic ring is 1. The van der Waals surface area contributed by atoms with Gasteiger partial charge in [-0.25, -0.2) is 4.79 Å². The molecule has 0 aliphatic carbocycles. The molecule has 1 atom stereocenters. The third kappa shape index (κ3) is 3.08. The van der Waals surface area contributed by atoms with Crippen molar-refractivity contribution in [3.63, 3.8) is 0 Å². The standard InChI is InChI=1S/C13H17NO5/c1-17-11-6-10(14)9(13(15)16)5-12(11)19-7-8-3-2-4-18-8/h5-6,8H,2-4,7,14H2,1H3,(H,15,16). The van der Waals surface area contributed by atoms with Crippen molar-refractivity contribution in [1.82, 2.24) is 0 Å². The summed E-state index contributed by atoms with van der Waals surface area (Å²) in [5, 5.41) is 9.03. The van der Waals surface area contributed by atoms with E-state index in [9.17, 15) is 4.79 Å². The van der Waals surface area contributed by atoms with E-state index in [1.165, 1.54) is 19.2 Å². The average Bonchev–Trinajstić information content (AvgIpc) is 2.89. The Morgan fingerprint density at radius 3 is 2.89 bits per heavy atom. The van der Waals surface area contributed by atoms with Crippen molar-refractivity contribution in [3.05, 3.63) is 17.7 Å². The molecule has 0 amide bonds. The van der Waals surface area contributed by atoms with Crippen LogP contribution in [-0.2, 0) is 4.74 Å². The Bertz CT molecular complexity index is 468. The summed E-state index contributed by atoms with van der Waals surface area (Å²) < 4.78 is 16.2. The number of ether oxygens (including phenoxy) is 3. The van der Waals surface area contributed by atoms with Crippen molar-refractivity contribution in [2.45, 2.75) is 18.9 Å². The molecule has 1 aromatic rings. The number of carboxylic acids is 1. The second kappa shape index (κ2) is 5.79. The number of carbonyl (C=O) groups is 1. The second-order valence-corrected chi connectivity index (χ2v) is 4.34. The van der Waals surface area contributed by atoms with Crippen LogP contribution < -0.4 is 15.2 Å². The Morgan fingerprint density at radius 1 is 1.53 bits per heavy atom. The van der Waals surface area contributed by atoms with Crippen molar-refractivity contribution in [1.29, 1.82) is 0 Å². The smallest absolute Gasteiger partial charge is 0.337 e. The largest absolute Gasteiger partial charge is 0.493 e. The maximum atomic E-state index is 11.0. The molecule has 2 rings (SSSR count). The highest BCUT2D eigenvalue weighted by atomic mass is 16.5. The monoisotopic (exact) mass is 267 g/mol. The molecule has 0 bridgehead atoms. The fourth-order valence-electron chi connectivity index (χ4n) is 1.99. The van der Waals surface area contributed by atoms with Crippen LogP contribution in [0.1, 0.15) is 23.2 Å². The Labute approximate surface area is 111 Å². The minimum Gasteiger partial charge on any atom is -0.493 e. The van der Waals surface area contributed by atoms with E-state index in [0.29, 0.717) is 18.1 Å². The Morgan fingerprint density at radius 2 is 2.32 bits per heavy atom. The van der Waals surface area contributed by atoms with Crippen molar-refractivity contribution in [3.8, 4) is 11.5 Å². The van der Waals surface area contributed by atoms with Crippen LogP contribution in [0.4, 0.5) is 5.69 Å². The van der Waals surface area contributed by atoms with Gasteiger partial charge >= 0.3 is 5.97 Å². The summed E-state index contributed by atoms with van der Waals surface area (Å²) in [6.07, 6.45) is 2.02. The minimum absolute atomic E-state index is 0.00291. The van der Waals surface area contributed by atoms with E-state index in [4.69, 9.17) is 25.1 Å². The fourth-order valence-corrected chi connectivity index (χ4v) is 1.99. The number of methoxy groups -OCH3 is 1. The molecule has 6 heteroatoms. The average molecular weight is 267 g/mol. The van der Waals surface area contributed by atoms with E-state index in [1.54, 1.807) is 0 Å². The number of rotatable bonds is 5. The van der Waals surface area contributed by atoms with Crippen molar-refractivity contribution >= 4 is 11.7 Å². The quantitative estimate of drug-likeness (QED) is 0.786. The Hall–Kier alpha value is -1.95. The zero-order chi connectivity index (χ0) is 13.8. The molecule has 19 heavy (non-hydrogen) atoms. The van der Waals surface area contributed by atoms with E-state index in [2.05, 4.69) is 0 Å². The zero-order valence-corrected chi connectivity index (χ0v) is 10.7. The summed E-state index contributed by atoms with van der Waals surface area (Å²) >= 11 is 0. The molecule has 0 saturated carbocycles. The molecule has 1 aliphatic heterocycles. The van der Waals surface area contributed by atoms with E-state index in [0.717, 1.165) is 19.4 Å². The lowest BCUT2D eigenvalue weighted by Gasteiger charge is -2.15. The van der Waals surface area contributed by atoms with Gasteiger partial charge in [0.05, 0.1) is 24.5 Å². The van der Waals surface area contributed by atoms with E-state index >= 15 is 0 Å². The van der Waals surface area contributed by atoms with E-state index < -0.39 is 5.97 Å². The first-order valence-electron chi connectivity index (χ1n) is 6.07. The maximum Gasteiger partial charge on any atom is 0.337 e. The van der Waals surface area contributed by atoms with Crippen LogP contribution in [0.3, 0.4) is 0 Å². The SMILES string of the molecule is COc1cc(N)c(C(=O)O)cc1OCC1CCCO1. The zero-order valence-electron chi connectivity index (χ0n) is 10.7. The van der Waals surface area contributed by atoms with Gasteiger partial charge < -0.3 is 25.1 Å². The van der Waals surface area contributed by atoms with Gasteiger partial charge in [0.15, 0.2) is 11.5 Å². The number of anilines is 1. The summed E-state index contributed by atoms with van der Waals surface area (Å²) in [5.41, 5.74) is 5.79. The highest BCUT2D eigenvalue weighted by molar-refractivity contribution is 5.94. The molecule has 1 heterocycles. The maximum absolute atomic E-state index is 11.0. The number of hydrogen-bond acceptors (Lipinski definition) is 5. The normalized spacial score (nSPS) is 18.3. The van der Waals surface area contributed by atoms with Crippen LogP contribution in [-0.4, -0.2) is 37.5 Å². The number of nitrogens with two attached hydrogens (primary N) is 1. The molecule has 1 unspecified atom stereocenters. The lowest BCUT2D eigenvalue weighted by Crippen LogP contribution is -2.17. The van der Waals surface area contributed by atoms with Gasteiger partial charge in [0.1, 0.15) is 6.61 Å². The topological polar surface area (TPSA) is 91.0 Å². The van der Waals surface area contributed by atoms with Crippen molar-refractivity contribution in [2.75, 3.05) is 26.1 Å². The van der Waals surface area contributed by atoms with Crippen LogP contribution in [0.25, 0.3) is 0 Å². The molecule has 3 N–H and O–H groups in total. The molecular formula is C13H17NO5. The molecule has 0 aromatic heterocycles. The van der Waals surface area contributed by atoms with Crippen LogP contribution in [0.15, 0.2) is 12.1 Å². The van der Waals surface area contributed by atoms with Crippen LogP contribution >= 0.6 is 0 Å². The lowest BCUT2D eigenvalue weighted by molar-refractivity contribution is 0.0664. The van der Waals surface area contributed by atoms with Gasteiger partial charge in [-0.05, 0) is 12.8 Å². The Balaban J connectivity index is 2.16. The van der Waals surface area contributed by atoms with Crippen LogP contribution in [0.2, 0.25) is 0 Å². The third-order valence-corrected chi connectivity index (χ3v) is 3.01. The molecule has 0 spiro atoms. The lowest BCUT2D eigenvalue weighted by atomic mass is 10.1. The molecule has 104 valence electrons. The molecule has 1 aliphatic rings. The highest BCUT2D eigenvalue weighted by Crippen LogP contribution is 2.32. The van der Waals surface area contributed by atoms with Gasteiger partial charge in [-0.3, -0.25) is 0 Å². The third-order valence-electron chi connectivity index (χ3n) is 3.01. The molecule has 1 aromatic carbocycles. The second-order valence-electron chi connectivity index (χ2n) is 4.34. The highest BCUT2D eigenvalue weighted by Gasteiger charge is 2.19. The molecule has 0 radical (unpaired) electrons. The van der Waals surface area contributed by atoms with Gasteiger partial charge in [-0.15, -0.1) is 0 Å². The predicted octanol–water partition coefficient (Wildman–Crippen LogP) is 1.53. The first kappa shape index (κ1) is 13.5. The summed E-state index contributed by atoms with van der Waals surface area (Å²) in [4.78, 5) is 11.0. The molecular weight excluding hydrogens is 250 g/mol. The number of carboxylic acid groups (broad SMARTS) is 1. The van der Waals surface area contributed by atoms with Crippen molar-refractivity contribution < 1.29 is 24.1 Å². The van der Waals surface area contributed by atoms with E-state index in [1.807, 2.05) is 0 Å². The summed E-state index contributed by atoms with van der Waals surface area (Å²) in [5.74, 6) is -0.313. The van der Waals surface area contributed by atoms with Gasteiger partial charge in [-0.1, -0.05) is 0 Å². The summed E-state index contributed by atoms with van der Waals surface area (Å²) in [6, 6.07) is 2.83. The summed E-state index contributed by atoms with van der Waals surface area (Å²) in [7, 11) is 1.48. The first-order chi connectivity index (χ1) is 9.11. The Kier molecular flexibility index (Phi) is 4.11. The number of aromatic carboxylic acids is 1. The van der Waals surface area contributed by atoms with Gasteiger partial charge in [-0.2, -0.15) is 0 Å². The van der Waals surface area contributed by atoms with Gasteiger partial charge in [0, 0.05) is 18.7 Å². The van der Waals surface area contributed by atoms with Crippen LogP contribution in [0, 0.1) is 0 Å². The first-order valence-corrected chi connectivity index (χ1v) is 6.07. The number of hydrogen-bond donors (Lipinski definition) is 2. The fraction of sp³-hybridized carbons (Fsp3) is 0.462. The van der Waals surface area contributed by atoms with Gasteiger partial charge in [0.25, 0.3) is 0 Å². The summed E-state index contributed by atoms with van der Waals surface area (Å²) in [6.45, 7) is 1.12. The molecule has 1 saturated heterocycles. The number of benzene rings is 1. The van der Waals surface area contributed by atoms with E-state index in [-0.39, 0.29) is 17.4 Å². The minimum atomic E-state index is -1.10. The van der Waals surface area contributed by atoms with Crippen molar-refractivity contribution in [2.24, 2.45) is 0 Å².